The lowest BCUT2D eigenvalue weighted by atomic mass is 10.0. The van der Waals surface area contributed by atoms with E-state index in [1.807, 2.05) is 0 Å². The molecule has 0 aliphatic heterocycles. The fraction of sp³-hybridized carbons (Fsp3) is 0.143. The van der Waals surface area contributed by atoms with Crippen LogP contribution in [0.4, 0.5) is 10.1 Å². The second kappa shape index (κ2) is 6.33. The van der Waals surface area contributed by atoms with Gasteiger partial charge in [-0.2, -0.15) is 0 Å². The maximum atomic E-state index is 13.0. The van der Waals surface area contributed by atoms with E-state index >= 15 is 0 Å². The number of nitrogens with zero attached hydrogens (tertiary/aromatic N) is 1. The van der Waals surface area contributed by atoms with Crippen molar-refractivity contribution in [3.05, 3.63) is 74.0 Å². The molecule has 0 bridgehead atoms. The standard InChI is InChI=1S/C14H10BrClFNO2/c15-13-8-10(17)3-6-12(13)14(16)7-9-1-4-11(5-2-9)18(19)20/h1-6,8,14H,7H2. The van der Waals surface area contributed by atoms with E-state index in [4.69, 9.17) is 11.6 Å². The van der Waals surface area contributed by atoms with Crippen LogP contribution in [-0.2, 0) is 6.42 Å². The SMILES string of the molecule is O=[N+]([O-])c1ccc(CC(Cl)c2ccc(F)cc2Br)cc1. The van der Waals surface area contributed by atoms with Crippen LogP contribution in [0.25, 0.3) is 0 Å². The van der Waals surface area contributed by atoms with Crippen molar-refractivity contribution < 1.29 is 9.31 Å². The number of halogens is 3. The van der Waals surface area contributed by atoms with Crippen LogP contribution in [0, 0.1) is 15.9 Å². The van der Waals surface area contributed by atoms with Crippen molar-refractivity contribution in [2.75, 3.05) is 0 Å². The van der Waals surface area contributed by atoms with Crippen LogP contribution in [0.5, 0.6) is 0 Å². The smallest absolute Gasteiger partial charge is 0.258 e. The molecule has 0 aromatic heterocycles. The van der Waals surface area contributed by atoms with Crippen molar-refractivity contribution in [3.63, 3.8) is 0 Å². The Morgan fingerprint density at radius 3 is 2.45 bits per heavy atom. The molecular weight excluding hydrogens is 349 g/mol. The molecule has 104 valence electrons. The van der Waals surface area contributed by atoms with Gasteiger partial charge in [-0.3, -0.25) is 10.1 Å². The molecule has 0 spiro atoms. The molecule has 0 aliphatic carbocycles. The molecule has 0 saturated heterocycles. The Kier molecular flexibility index (Phi) is 4.73. The molecule has 6 heteroatoms. The number of alkyl halides is 1. The lowest BCUT2D eigenvalue weighted by Crippen LogP contribution is -1.98. The summed E-state index contributed by atoms with van der Waals surface area (Å²) in [5.41, 5.74) is 1.71. The summed E-state index contributed by atoms with van der Waals surface area (Å²) in [4.78, 5) is 10.1. The molecule has 2 aromatic rings. The summed E-state index contributed by atoms with van der Waals surface area (Å²) in [5, 5.41) is 10.2. The van der Waals surface area contributed by atoms with Crippen LogP contribution >= 0.6 is 27.5 Å². The second-order valence-corrected chi connectivity index (χ2v) is 5.64. The van der Waals surface area contributed by atoms with Crippen molar-refractivity contribution >= 4 is 33.2 Å². The Bertz CT molecular complexity index is 634. The summed E-state index contributed by atoms with van der Waals surface area (Å²) in [6.07, 6.45) is 0.504. The molecule has 2 aromatic carbocycles. The van der Waals surface area contributed by atoms with Crippen molar-refractivity contribution in [2.24, 2.45) is 0 Å². The zero-order valence-corrected chi connectivity index (χ0v) is 12.6. The first-order valence-corrected chi connectivity index (χ1v) is 7.02. The van der Waals surface area contributed by atoms with E-state index in [-0.39, 0.29) is 16.9 Å². The topological polar surface area (TPSA) is 43.1 Å². The normalized spacial score (nSPS) is 12.2. The number of rotatable bonds is 4. The van der Waals surface area contributed by atoms with Gasteiger partial charge >= 0.3 is 0 Å². The van der Waals surface area contributed by atoms with Crippen LogP contribution in [0.1, 0.15) is 16.5 Å². The highest BCUT2D eigenvalue weighted by molar-refractivity contribution is 9.10. The largest absolute Gasteiger partial charge is 0.269 e. The van der Waals surface area contributed by atoms with Crippen molar-refractivity contribution in [3.8, 4) is 0 Å². The number of benzene rings is 2. The lowest BCUT2D eigenvalue weighted by molar-refractivity contribution is -0.384. The second-order valence-electron chi connectivity index (χ2n) is 4.26. The highest BCUT2D eigenvalue weighted by atomic mass is 79.9. The van der Waals surface area contributed by atoms with Gasteiger partial charge in [0.1, 0.15) is 5.82 Å². The van der Waals surface area contributed by atoms with Gasteiger partial charge in [-0.15, -0.1) is 11.6 Å². The minimum absolute atomic E-state index is 0.0443. The highest BCUT2D eigenvalue weighted by Gasteiger charge is 2.14. The molecule has 1 atom stereocenters. The third-order valence-corrected chi connectivity index (χ3v) is 3.94. The molecule has 20 heavy (non-hydrogen) atoms. The number of hydrogen-bond donors (Lipinski definition) is 0. The third-order valence-electron chi connectivity index (χ3n) is 2.86. The van der Waals surface area contributed by atoms with E-state index in [1.165, 1.54) is 24.3 Å². The van der Waals surface area contributed by atoms with Gasteiger partial charge < -0.3 is 0 Å². The van der Waals surface area contributed by atoms with Gasteiger partial charge in [-0.1, -0.05) is 34.1 Å². The van der Waals surface area contributed by atoms with Gasteiger partial charge in [-0.25, -0.2) is 4.39 Å². The molecule has 0 amide bonds. The molecule has 0 aliphatic rings. The van der Waals surface area contributed by atoms with E-state index < -0.39 is 4.92 Å². The number of nitro groups is 1. The Morgan fingerprint density at radius 2 is 1.90 bits per heavy atom. The Hall–Kier alpha value is -1.46. The third kappa shape index (κ3) is 3.55. The molecule has 0 N–H and O–H groups in total. The highest BCUT2D eigenvalue weighted by Crippen LogP contribution is 2.31. The van der Waals surface area contributed by atoms with Gasteiger partial charge in [-0.05, 0) is 29.7 Å². The van der Waals surface area contributed by atoms with Gasteiger partial charge in [0, 0.05) is 16.6 Å². The number of hydrogen-bond acceptors (Lipinski definition) is 2. The van der Waals surface area contributed by atoms with Crippen LogP contribution in [0.3, 0.4) is 0 Å². The van der Waals surface area contributed by atoms with Crippen molar-refractivity contribution in [1.82, 2.24) is 0 Å². The molecule has 2 rings (SSSR count). The average molecular weight is 359 g/mol. The molecule has 0 radical (unpaired) electrons. The molecule has 3 nitrogen and oxygen atoms in total. The molecule has 0 fully saturated rings. The summed E-state index contributed by atoms with van der Waals surface area (Å²) >= 11 is 9.59. The lowest BCUT2D eigenvalue weighted by Gasteiger charge is -2.12. The van der Waals surface area contributed by atoms with Crippen LogP contribution in [0.2, 0.25) is 0 Å². The fourth-order valence-corrected chi connectivity index (χ4v) is 2.95. The van der Waals surface area contributed by atoms with E-state index in [9.17, 15) is 14.5 Å². The van der Waals surface area contributed by atoms with Crippen LogP contribution < -0.4 is 0 Å². The predicted molar refractivity (Wildman–Crippen MR) is 79.5 cm³/mol. The average Bonchev–Trinajstić information content (AvgIpc) is 2.39. The van der Waals surface area contributed by atoms with E-state index in [1.54, 1.807) is 18.2 Å². The minimum Gasteiger partial charge on any atom is -0.258 e. The number of nitro benzene ring substituents is 1. The maximum absolute atomic E-state index is 13.0. The zero-order valence-electron chi connectivity index (χ0n) is 10.2. The summed E-state index contributed by atoms with van der Waals surface area (Å²) in [5.74, 6) is -0.333. The van der Waals surface area contributed by atoms with E-state index in [0.29, 0.717) is 10.9 Å². The van der Waals surface area contributed by atoms with E-state index in [0.717, 1.165) is 11.1 Å². The van der Waals surface area contributed by atoms with Crippen LogP contribution in [-0.4, -0.2) is 4.92 Å². The summed E-state index contributed by atoms with van der Waals surface area (Å²) in [7, 11) is 0. The molecular formula is C14H10BrClFNO2. The Labute approximate surface area is 128 Å². The Morgan fingerprint density at radius 1 is 1.25 bits per heavy atom. The van der Waals surface area contributed by atoms with Gasteiger partial charge in [0.25, 0.3) is 5.69 Å². The van der Waals surface area contributed by atoms with E-state index in [2.05, 4.69) is 15.9 Å². The van der Waals surface area contributed by atoms with Gasteiger partial charge in [0.15, 0.2) is 0 Å². The molecule has 0 heterocycles. The maximum Gasteiger partial charge on any atom is 0.269 e. The first kappa shape index (κ1) is 14.9. The summed E-state index contributed by atoms with van der Waals surface area (Å²) < 4.78 is 13.6. The predicted octanol–water partition coefficient (Wildman–Crippen LogP) is 5.02. The zero-order chi connectivity index (χ0) is 14.7. The monoisotopic (exact) mass is 357 g/mol. The van der Waals surface area contributed by atoms with Gasteiger partial charge in [0.2, 0.25) is 0 Å². The fourth-order valence-electron chi connectivity index (χ4n) is 1.83. The Balaban J connectivity index is 2.14. The first-order valence-electron chi connectivity index (χ1n) is 5.79. The molecule has 0 saturated carbocycles. The minimum atomic E-state index is -0.446. The number of non-ortho nitro benzene ring substituents is 1. The quantitative estimate of drug-likeness (QED) is 0.437. The summed E-state index contributed by atoms with van der Waals surface area (Å²) in [6.45, 7) is 0. The van der Waals surface area contributed by atoms with Crippen molar-refractivity contribution in [1.29, 1.82) is 0 Å². The van der Waals surface area contributed by atoms with Crippen molar-refractivity contribution in [2.45, 2.75) is 11.8 Å². The molecule has 1 unspecified atom stereocenters. The summed E-state index contributed by atoms with van der Waals surface area (Å²) in [6, 6.07) is 10.6. The van der Waals surface area contributed by atoms with Gasteiger partial charge in [0.05, 0.1) is 10.3 Å². The van der Waals surface area contributed by atoms with Crippen LogP contribution in [0.15, 0.2) is 46.9 Å². The first-order chi connectivity index (χ1) is 9.47.